The molecule has 0 aliphatic rings. The zero-order valence-electron chi connectivity index (χ0n) is 18.4. The van der Waals surface area contributed by atoms with Crippen LogP contribution in [0.1, 0.15) is 23.7 Å². The zero-order valence-corrected chi connectivity index (χ0v) is 20.7. The van der Waals surface area contributed by atoms with Gasteiger partial charge in [0.1, 0.15) is 12.0 Å². The number of aliphatic imine (C=N–C) groups is 1. The Hall–Kier alpha value is -2.55. The van der Waals surface area contributed by atoms with Gasteiger partial charge in [-0.05, 0) is 50.1 Å². The van der Waals surface area contributed by atoms with Crippen LogP contribution in [0.5, 0.6) is 5.75 Å². The summed E-state index contributed by atoms with van der Waals surface area (Å²) >= 11 is 0. The molecule has 0 aliphatic carbocycles. The first-order valence-electron chi connectivity index (χ1n) is 10.3. The van der Waals surface area contributed by atoms with Crippen LogP contribution in [-0.2, 0) is 12.8 Å². The summed E-state index contributed by atoms with van der Waals surface area (Å²) in [7, 11) is 1.68. The molecule has 1 aromatic heterocycles. The average Bonchev–Trinajstić information content (AvgIpc) is 3.23. The number of rotatable bonds is 9. The summed E-state index contributed by atoms with van der Waals surface area (Å²) in [6, 6.07) is 16.3. The third kappa shape index (κ3) is 7.90. The number of nitrogens with one attached hydrogen (secondary N) is 2. The first-order valence-corrected chi connectivity index (χ1v) is 10.3. The molecule has 3 rings (SSSR count). The van der Waals surface area contributed by atoms with Crippen LogP contribution in [0.3, 0.4) is 0 Å². The molecule has 31 heavy (non-hydrogen) atoms. The summed E-state index contributed by atoms with van der Waals surface area (Å²) < 4.78 is 10.8. The fourth-order valence-electron chi connectivity index (χ4n) is 2.99. The molecule has 1 heterocycles. The van der Waals surface area contributed by atoms with Crippen LogP contribution in [-0.4, -0.2) is 37.7 Å². The molecule has 2 N–H and O–H groups in total. The molecule has 2 aromatic carbocycles. The molecule has 6 nitrogen and oxygen atoms in total. The van der Waals surface area contributed by atoms with Gasteiger partial charge in [-0.15, -0.1) is 24.0 Å². The van der Waals surface area contributed by atoms with E-state index in [2.05, 4.69) is 58.7 Å². The van der Waals surface area contributed by atoms with Crippen LogP contribution in [0.15, 0.2) is 64.2 Å². The lowest BCUT2D eigenvalue weighted by Gasteiger charge is -2.11. The van der Waals surface area contributed by atoms with Crippen molar-refractivity contribution >= 4 is 29.9 Å². The van der Waals surface area contributed by atoms with Gasteiger partial charge in [-0.1, -0.05) is 29.8 Å². The lowest BCUT2D eigenvalue weighted by Crippen LogP contribution is -2.38. The zero-order chi connectivity index (χ0) is 21.2. The molecule has 0 radical (unpaired) electrons. The predicted molar refractivity (Wildman–Crippen MR) is 136 cm³/mol. The molecule has 0 amide bonds. The molecule has 0 atom stereocenters. The Labute approximate surface area is 201 Å². The van der Waals surface area contributed by atoms with Crippen LogP contribution < -0.4 is 15.4 Å². The maximum absolute atomic E-state index is 5.63. The van der Waals surface area contributed by atoms with Crippen molar-refractivity contribution in [2.24, 2.45) is 4.99 Å². The molecule has 0 saturated carbocycles. The number of oxazole rings is 1. The summed E-state index contributed by atoms with van der Waals surface area (Å²) in [5.41, 5.74) is 4.37. The molecule has 166 valence electrons. The summed E-state index contributed by atoms with van der Waals surface area (Å²) in [5, 5.41) is 6.67. The van der Waals surface area contributed by atoms with Crippen LogP contribution in [0.4, 0.5) is 0 Å². The van der Waals surface area contributed by atoms with Crippen molar-refractivity contribution in [1.82, 2.24) is 15.6 Å². The van der Waals surface area contributed by atoms with Crippen molar-refractivity contribution in [3.63, 3.8) is 0 Å². The number of ether oxygens (including phenoxy) is 1. The fraction of sp³-hybridized carbons (Fsp3) is 0.333. The van der Waals surface area contributed by atoms with Gasteiger partial charge in [-0.2, -0.15) is 0 Å². The van der Waals surface area contributed by atoms with E-state index in [4.69, 9.17) is 9.15 Å². The van der Waals surface area contributed by atoms with Crippen LogP contribution in [0.25, 0.3) is 11.5 Å². The minimum atomic E-state index is 0. The maximum Gasteiger partial charge on any atom is 0.226 e. The minimum absolute atomic E-state index is 0. The second kappa shape index (κ2) is 13.0. The second-order valence-electron chi connectivity index (χ2n) is 7.05. The van der Waals surface area contributed by atoms with Gasteiger partial charge in [-0.3, -0.25) is 4.99 Å². The Morgan fingerprint density at radius 1 is 1.03 bits per heavy atom. The molecular weight excluding hydrogens is 503 g/mol. The topological polar surface area (TPSA) is 71.7 Å². The highest BCUT2D eigenvalue weighted by Gasteiger charge is 2.06. The second-order valence-corrected chi connectivity index (χ2v) is 7.05. The number of nitrogens with zero attached hydrogens (tertiary/aromatic N) is 2. The van der Waals surface area contributed by atoms with Crippen molar-refractivity contribution in [2.75, 3.05) is 26.7 Å². The van der Waals surface area contributed by atoms with E-state index in [9.17, 15) is 0 Å². The smallest absolute Gasteiger partial charge is 0.226 e. The molecule has 3 aromatic rings. The van der Waals surface area contributed by atoms with Gasteiger partial charge >= 0.3 is 0 Å². The van der Waals surface area contributed by atoms with Crippen molar-refractivity contribution in [1.29, 1.82) is 0 Å². The van der Waals surface area contributed by atoms with Crippen LogP contribution in [0.2, 0.25) is 0 Å². The van der Waals surface area contributed by atoms with Crippen molar-refractivity contribution in [3.05, 3.63) is 71.6 Å². The van der Waals surface area contributed by atoms with E-state index < -0.39 is 0 Å². The molecular formula is C24H31IN4O2. The molecule has 0 saturated heterocycles. The number of guanidine groups is 1. The number of halogens is 1. The van der Waals surface area contributed by atoms with Crippen LogP contribution in [0, 0.1) is 6.92 Å². The molecule has 7 heteroatoms. The van der Waals surface area contributed by atoms with E-state index in [1.807, 2.05) is 24.3 Å². The van der Waals surface area contributed by atoms with Crippen molar-refractivity contribution in [2.45, 2.75) is 26.7 Å². The average molecular weight is 534 g/mol. The third-order valence-corrected chi connectivity index (χ3v) is 4.70. The maximum atomic E-state index is 5.63. The molecule has 0 aliphatic heterocycles. The first-order chi connectivity index (χ1) is 14.7. The van der Waals surface area contributed by atoms with Gasteiger partial charge in [0.05, 0.1) is 12.8 Å². The largest absolute Gasteiger partial charge is 0.497 e. The SMILES string of the molecule is CCNC(=NCCc1coc(-c2ccc(C)cc2)n1)NCCc1ccc(OC)cc1.I. The minimum Gasteiger partial charge on any atom is -0.497 e. The fourth-order valence-corrected chi connectivity index (χ4v) is 2.99. The highest BCUT2D eigenvalue weighted by Crippen LogP contribution is 2.19. The van der Waals surface area contributed by atoms with E-state index in [0.717, 1.165) is 48.9 Å². The van der Waals surface area contributed by atoms with Crippen molar-refractivity contribution in [3.8, 4) is 17.2 Å². The van der Waals surface area contributed by atoms with E-state index in [1.54, 1.807) is 13.4 Å². The molecule has 0 bridgehead atoms. The van der Waals surface area contributed by atoms with Gasteiger partial charge in [0.25, 0.3) is 0 Å². The first kappa shape index (κ1) is 24.7. The van der Waals surface area contributed by atoms with E-state index >= 15 is 0 Å². The lowest BCUT2D eigenvalue weighted by atomic mass is 10.1. The normalized spacial score (nSPS) is 11.0. The number of methoxy groups -OCH3 is 1. The quantitative estimate of drug-likeness (QED) is 0.238. The molecule has 0 fully saturated rings. The predicted octanol–water partition coefficient (Wildman–Crippen LogP) is 4.62. The van der Waals surface area contributed by atoms with Gasteiger partial charge in [0, 0.05) is 31.6 Å². The highest BCUT2D eigenvalue weighted by atomic mass is 127. The molecule has 0 unspecified atom stereocenters. The Morgan fingerprint density at radius 3 is 2.45 bits per heavy atom. The van der Waals surface area contributed by atoms with Gasteiger partial charge in [0.2, 0.25) is 5.89 Å². The summed E-state index contributed by atoms with van der Waals surface area (Å²) in [5.74, 6) is 2.34. The number of hydrogen-bond acceptors (Lipinski definition) is 4. The Morgan fingerprint density at radius 2 is 1.77 bits per heavy atom. The summed E-state index contributed by atoms with van der Waals surface area (Å²) in [6.45, 7) is 6.38. The number of aryl methyl sites for hydroxylation is 1. The monoisotopic (exact) mass is 534 g/mol. The summed E-state index contributed by atoms with van der Waals surface area (Å²) in [4.78, 5) is 9.24. The van der Waals surface area contributed by atoms with Crippen LogP contribution >= 0.6 is 24.0 Å². The molecule has 0 spiro atoms. The lowest BCUT2D eigenvalue weighted by molar-refractivity contribution is 0.414. The van der Waals surface area contributed by atoms with E-state index in [1.165, 1.54) is 11.1 Å². The van der Waals surface area contributed by atoms with E-state index in [-0.39, 0.29) is 24.0 Å². The van der Waals surface area contributed by atoms with Gasteiger partial charge < -0.3 is 19.8 Å². The third-order valence-electron chi connectivity index (χ3n) is 4.70. The summed E-state index contributed by atoms with van der Waals surface area (Å²) in [6.07, 6.45) is 3.36. The highest BCUT2D eigenvalue weighted by molar-refractivity contribution is 14.0. The standard InChI is InChI=1S/C24H30N4O2.HI/c1-4-25-24(26-15-13-19-7-11-22(29-3)12-8-19)27-16-14-21-17-30-23(28-21)20-9-5-18(2)6-10-20;/h5-12,17H,4,13-16H2,1-3H3,(H2,25,26,27);1H. The van der Waals surface area contributed by atoms with Gasteiger partial charge in [-0.25, -0.2) is 4.98 Å². The van der Waals surface area contributed by atoms with E-state index in [0.29, 0.717) is 12.4 Å². The Bertz CT molecular complexity index is 937. The Balaban J connectivity index is 0.00000341. The van der Waals surface area contributed by atoms with Crippen molar-refractivity contribution < 1.29 is 9.15 Å². The number of hydrogen-bond donors (Lipinski definition) is 2. The number of benzene rings is 2. The Kier molecular flexibility index (Phi) is 10.4. The van der Waals surface area contributed by atoms with Gasteiger partial charge in [0.15, 0.2) is 5.96 Å². The number of aromatic nitrogens is 1.